The lowest BCUT2D eigenvalue weighted by Crippen LogP contribution is -2.30. The smallest absolute Gasteiger partial charge is 0.225 e. The van der Waals surface area contributed by atoms with Gasteiger partial charge in [-0.05, 0) is 36.6 Å². The van der Waals surface area contributed by atoms with Crippen molar-refractivity contribution >= 4 is 16.8 Å². The van der Waals surface area contributed by atoms with Gasteiger partial charge in [0.1, 0.15) is 5.75 Å². The number of carbonyl (C=O) groups excluding carboxylic acids is 1. The molecule has 3 rings (SSSR count). The molecular formula is C16H20N2O2. The number of methoxy groups -OCH3 is 1. The molecule has 4 nitrogen and oxygen atoms in total. The molecule has 2 aromatic rings. The Balaban J connectivity index is 2.06. The van der Waals surface area contributed by atoms with Crippen molar-refractivity contribution in [2.24, 2.45) is 13.0 Å². The Labute approximate surface area is 118 Å². The minimum absolute atomic E-state index is 0.0804. The Bertz CT molecular complexity index is 685. The molecule has 4 heteroatoms. The van der Waals surface area contributed by atoms with Crippen LogP contribution in [0.4, 0.5) is 0 Å². The van der Waals surface area contributed by atoms with Crippen molar-refractivity contribution in [1.82, 2.24) is 9.47 Å². The van der Waals surface area contributed by atoms with Gasteiger partial charge < -0.3 is 14.2 Å². The molecule has 106 valence electrons. The van der Waals surface area contributed by atoms with E-state index in [1.807, 2.05) is 20.2 Å². The van der Waals surface area contributed by atoms with Gasteiger partial charge in [0.2, 0.25) is 5.91 Å². The Hall–Kier alpha value is -1.97. The summed E-state index contributed by atoms with van der Waals surface area (Å²) in [6.45, 7) is 0. The molecule has 20 heavy (non-hydrogen) atoms. The molecule has 1 aromatic heterocycles. The number of hydrogen-bond acceptors (Lipinski definition) is 2. The molecule has 0 bridgehead atoms. The number of amides is 1. The first-order valence-electron chi connectivity index (χ1n) is 6.88. The number of fused-ring (bicyclic) bond motifs is 3. The summed E-state index contributed by atoms with van der Waals surface area (Å²) in [6.07, 6.45) is 1.66. The molecule has 0 saturated heterocycles. The van der Waals surface area contributed by atoms with E-state index < -0.39 is 0 Å². The van der Waals surface area contributed by atoms with Crippen LogP contribution in [0.3, 0.4) is 0 Å². The molecule has 0 radical (unpaired) electrons. The number of carbonyl (C=O) groups is 1. The van der Waals surface area contributed by atoms with Crippen LogP contribution in [-0.4, -0.2) is 36.6 Å². The number of aryl methyl sites for hydroxylation is 1. The number of benzene rings is 1. The Morgan fingerprint density at radius 2 is 2.10 bits per heavy atom. The predicted octanol–water partition coefficient (Wildman–Crippen LogP) is 1.99. The molecular weight excluding hydrogens is 252 g/mol. The molecule has 1 heterocycles. The fourth-order valence-corrected chi connectivity index (χ4v) is 3.26. The second-order valence-corrected chi connectivity index (χ2v) is 5.71. The van der Waals surface area contributed by atoms with E-state index in [9.17, 15) is 4.79 Å². The van der Waals surface area contributed by atoms with Crippen LogP contribution in [-0.2, 0) is 24.7 Å². The van der Waals surface area contributed by atoms with Crippen LogP contribution < -0.4 is 4.74 Å². The van der Waals surface area contributed by atoms with Crippen molar-refractivity contribution in [2.75, 3.05) is 21.2 Å². The molecule has 1 atom stereocenters. The molecule has 0 N–H and O–H groups in total. The molecule has 0 saturated carbocycles. The average molecular weight is 272 g/mol. The molecule has 1 aliphatic rings. The molecule has 1 aliphatic carbocycles. The SMILES string of the molecule is COc1ccc2c(c1)c1c(n2C)CC(C(=O)N(C)C)C1. The summed E-state index contributed by atoms with van der Waals surface area (Å²) in [5.41, 5.74) is 3.81. The highest BCUT2D eigenvalue weighted by Crippen LogP contribution is 2.37. The highest BCUT2D eigenvalue weighted by molar-refractivity contribution is 5.89. The monoisotopic (exact) mass is 272 g/mol. The van der Waals surface area contributed by atoms with Crippen molar-refractivity contribution in [3.05, 3.63) is 29.5 Å². The van der Waals surface area contributed by atoms with Crippen molar-refractivity contribution < 1.29 is 9.53 Å². The van der Waals surface area contributed by atoms with Gasteiger partial charge in [-0.2, -0.15) is 0 Å². The largest absolute Gasteiger partial charge is 0.497 e. The normalized spacial score (nSPS) is 17.3. The van der Waals surface area contributed by atoms with Gasteiger partial charge >= 0.3 is 0 Å². The van der Waals surface area contributed by atoms with E-state index >= 15 is 0 Å². The number of hydrogen-bond donors (Lipinski definition) is 0. The topological polar surface area (TPSA) is 34.5 Å². The first kappa shape index (κ1) is 13.0. The quantitative estimate of drug-likeness (QED) is 0.838. The summed E-state index contributed by atoms with van der Waals surface area (Å²) in [5.74, 6) is 1.17. The third kappa shape index (κ3) is 1.79. The van der Waals surface area contributed by atoms with Gasteiger partial charge in [-0.15, -0.1) is 0 Å². The average Bonchev–Trinajstić information content (AvgIpc) is 2.98. The van der Waals surface area contributed by atoms with Crippen LogP contribution in [0.5, 0.6) is 5.75 Å². The van der Waals surface area contributed by atoms with E-state index in [0.717, 1.165) is 18.6 Å². The molecule has 0 aliphatic heterocycles. The summed E-state index contributed by atoms with van der Waals surface area (Å²) >= 11 is 0. The van der Waals surface area contributed by atoms with Gasteiger partial charge in [-0.25, -0.2) is 0 Å². The summed E-state index contributed by atoms with van der Waals surface area (Å²) < 4.78 is 7.53. The van der Waals surface area contributed by atoms with Crippen LogP contribution in [0.25, 0.3) is 10.9 Å². The number of nitrogens with zero attached hydrogens (tertiary/aromatic N) is 2. The van der Waals surface area contributed by atoms with Crippen molar-refractivity contribution in [1.29, 1.82) is 0 Å². The maximum atomic E-state index is 12.2. The zero-order valence-electron chi connectivity index (χ0n) is 12.4. The van der Waals surface area contributed by atoms with Gasteiger partial charge in [0.05, 0.1) is 7.11 Å². The Morgan fingerprint density at radius 1 is 1.35 bits per heavy atom. The summed E-state index contributed by atoms with van der Waals surface area (Å²) in [4.78, 5) is 13.9. The number of ether oxygens (including phenoxy) is 1. The van der Waals surface area contributed by atoms with Crippen molar-refractivity contribution in [3.63, 3.8) is 0 Å². The minimum Gasteiger partial charge on any atom is -0.497 e. The van der Waals surface area contributed by atoms with E-state index in [-0.39, 0.29) is 11.8 Å². The second kappa shape index (κ2) is 4.54. The third-order valence-electron chi connectivity index (χ3n) is 4.32. The van der Waals surface area contributed by atoms with Gasteiger partial charge in [0, 0.05) is 43.7 Å². The summed E-state index contributed by atoms with van der Waals surface area (Å²) in [6, 6.07) is 6.16. The van der Waals surface area contributed by atoms with Gasteiger partial charge in [-0.3, -0.25) is 4.79 Å². The fourth-order valence-electron chi connectivity index (χ4n) is 3.26. The van der Waals surface area contributed by atoms with Crippen LogP contribution >= 0.6 is 0 Å². The summed E-state index contributed by atoms with van der Waals surface area (Å²) in [7, 11) is 7.41. The highest BCUT2D eigenvalue weighted by atomic mass is 16.5. The lowest BCUT2D eigenvalue weighted by Gasteiger charge is -2.16. The van der Waals surface area contributed by atoms with Crippen molar-refractivity contribution in [3.8, 4) is 5.75 Å². The van der Waals surface area contributed by atoms with Crippen LogP contribution in [0.1, 0.15) is 11.3 Å². The van der Waals surface area contributed by atoms with E-state index in [0.29, 0.717) is 0 Å². The molecule has 0 fully saturated rings. The Morgan fingerprint density at radius 3 is 2.75 bits per heavy atom. The number of aromatic nitrogens is 1. The van der Waals surface area contributed by atoms with Crippen LogP contribution in [0.2, 0.25) is 0 Å². The summed E-state index contributed by atoms with van der Waals surface area (Å²) in [5, 5.41) is 1.22. The third-order valence-corrected chi connectivity index (χ3v) is 4.32. The highest BCUT2D eigenvalue weighted by Gasteiger charge is 2.32. The van der Waals surface area contributed by atoms with Crippen LogP contribution in [0.15, 0.2) is 18.2 Å². The van der Waals surface area contributed by atoms with Crippen LogP contribution in [0, 0.1) is 5.92 Å². The van der Waals surface area contributed by atoms with E-state index in [4.69, 9.17) is 4.74 Å². The van der Waals surface area contributed by atoms with Gasteiger partial charge in [0.15, 0.2) is 0 Å². The van der Waals surface area contributed by atoms with Gasteiger partial charge in [-0.1, -0.05) is 0 Å². The lowest BCUT2D eigenvalue weighted by molar-refractivity contribution is -0.132. The van der Waals surface area contributed by atoms with Gasteiger partial charge in [0.25, 0.3) is 0 Å². The maximum absolute atomic E-state index is 12.2. The molecule has 1 aromatic carbocycles. The predicted molar refractivity (Wildman–Crippen MR) is 79.1 cm³/mol. The van der Waals surface area contributed by atoms with Crippen molar-refractivity contribution in [2.45, 2.75) is 12.8 Å². The number of rotatable bonds is 2. The minimum atomic E-state index is 0.0804. The fraction of sp³-hybridized carbons (Fsp3) is 0.438. The molecule has 0 spiro atoms. The first-order valence-corrected chi connectivity index (χ1v) is 6.88. The first-order chi connectivity index (χ1) is 9.52. The van der Waals surface area contributed by atoms with E-state index in [1.165, 1.54) is 22.2 Å². The van der Waals surface area contributed by atoms with E-state index in [2.05, 4.69) is 23.7 Å². The maximum Gasteiger partial charge on any atom is 0.225 e. The standard InChI is InChI=1S/C16H20N2O2/c1-17(2)16(19)10-7-12-13-9-11(20-4)5-6-14(13)18(3)15(12)8-10/h5-6,9-10H,7-8H2,1-4H3. The Kier molecular flexibility index (Phi) is 2.96. The molecule has 1 unspecified atom stereocenters. The van der Waals surface area contributed by atoms with E-state index in [1.54, 1.807) is 12.0 Å². The zero-order chi connectivity index (χ0) is 14.4. The second-order valence-electron chi connectivity index (χ2n) is 5.71. The molecule has 1 amide bonds. The lowest BCUT2D eigenvalue weighted by atomic mass is 10.0. The zero-order valence-corrected chi connectivity index (χ0v) is 12.4.